The van der Waals surface area contributed by atoms with Gasteiger partial charge in [-0.3, -0.25) is 28.9 Å². The van der Waals surface area contributed by atoms with E-state index in [-0.39, 0.29) is 68.8 Å². The van der Waals surface area contributed by atoms with E-state index in [0.29, 0.717) is 34.1 Å². The van der Waals surface area contributed by atoms with Gasteiger partial charge >= 0.3 is 23.9 Å². The van der Waals surface area contributed by atoms with Crippen molar-refractivity contribution in [1.29, 1.82) is 0 Å². The second-order valence-electron chi connectivity index (χ2n) is 22.4. The van der Waals surface area contributed by atoms with Crippen molar-refractivity contribution in [2.24, 2.45) is 0 Å². The number of aromatic hydroxyl groups is 1. The summed E-state index contributed by atoms with van der Waals surface area (Å²) in [6, 6.07) is 19.1. The zero-order valence-corrected chi connectivity index (χ0v) is 50.4. The van der Waals surface area contributed by atoms with Crippen LogP contribution in [0, 0.1) is 0 Å². The Labute approximate surface area is 489 Å². The standard InChI is InChI=1S/C68H99NO11S/c1-3-5-7-9-11-13-15-17-19-21-23-25-28-33-62(71)77-52-59(53-78-63(72)34-29-26-24-22-20-18-16-14-12-10-8-6-4-2)80-65(74)36-32-35-64(73)79-58-44-39-55(40-45-58)68-66(60-46-41-56(70)51-61(60)81-68)67(75)54-37-42-57(43-38-54)76-50-49-69-47-30-27-31-48-69/h37-46,51,59,70H,3-36,47-50,52-53H2,1-2H3. The van der Waals surface area contributed by atoms with Crippen molar-refractivity contribution >= 4 is 51.1 Å². The molecule has 0 atom stereocenters. The third-order valence-corrected chi connectivity index (χ3v) is 16.6. The van der Waals surface area contributed by atoms with Crippen molar-refractivity contribution < 1.29 is 52.8 Å². The molecule has 5 rings (SSSR count). The molecule has 0 aliphatic carbocycles. The van der Waals surface area contributed by atoms with E-state index in [1.165, 1.54) is 146 Å². The van der Waals surface area contributed by atoms with Gasteiger partial charge in [-0.25, -0.2) is 0 Å². The first-order valence-electron chi connectivity index (χ1n) is 31.7. The first-order valence-corrected chi connectivity index (χ1v) is 32.5. The number of phenolic OH excluding ortho intramolecular Hbond substituents is 1. The van der Waals surface area contributed by atoms with E-state index < -0.39 is 18.0 Å². The number of nitrogens with zero attached hydrogens (tertiary/aromatic N) is 1. The van der Waals surface area contributed by atoms with E-state index in [2.05, 4.69) is 18.7 Å². The molecule has 0 unspecified atom stereocenters. The fourth-order valence-corrected chi connectivity index (χ4v) is 11.8. The van der Waals surface area contributed by atoms with Gasteiger partial charge in [-0.05, 0) is 117 Å². The maximum absolute atomic E-state index is 14.2. The number of unbranched alkanes of at least 4 members (excludes halogenated alkanes) is 24. The van der Waals surface area contributed by atoms with E-state index in [0.717, 1.165) is 86.7 Å². The van der Waals surface area contributed by atoms with Gasteiger partial charge in [0.05, 0.1) is 0 Å². The van der Waals surface area contributed by atoms with E-state index in [1.807, 2.05) is 12.1 Å². The predicted octanol–water partition coefficient (Wildman–Crippen LogP) is 17.4. The van der Waals surface area contributed by atoms with Crippen LogP contribution in [0.2, 0.25) is 0 Å². The molecule has 0 amide bonds. The number of likely N-dealkylation sites (tertiary alicyclic amines) is 1. The molecular formula is C68H99NO11S. The van der Waals surface area contributed by atoms with Crippen LogP contribution in [-0.4, -0.2) is 85.2 Å². The average molecular weight is 1140 g/mol. The molecule has 0 radical (unpaired) electrons. The molecule has 1 fully saturated rings. The molecule has 12 nitrogen and oxygen atoms in total. The summed E-state index contributed by atoms with van der Waals surface area (Å²) in [6.45, 7) is 7.70. The summed E-state index contributed by atoms with van der Waals surface area (Å²) in [5, 5.41) is 11.0. The van der Waals surface area contributed by atoms with Crippen LogP contribution in [0.5, 0.6) is 17.2 Å². The zero-order chi connectivity index (χ0) is 57.5. The average Bonchev–Trinajstić information content (AvgIpc) is 3.89. The van der Waals surface area contributed by atoms with Gasteiger partial charge in [-0.1, -0.05) is 174 Å². The van der Waals surface area contributed by atoms with Gasteiger partial charge in [0.1, 0.15) is 37.1 Å². The van der Waals surface area contributed by atoms with E-state index in [4.69, 9.17) is 23.7 Å². The number of hydrogen-bond donors (Lipinski definition) is 1. The Morgan fingerprint density at radius 3 is 1.51 bits per heavy atom. The Morgan fingerprint density at radius 1 is 0.519 bits per heavy atom. The number of fused-ring (bicyclic) bond motifs is 1. The lowest BCUT2D eigenvalue weighted by Crippen LogP contribution is -2.33. The second-order valence-corrected chi connectivity index (χ2v) is 23.5. The molecule has 0 saturated carbocycles. The molecule has 13 heteroatoms. The minimum absolute atomic E-state index is 0.0650. The lowest BCUT2D eigenvalue weighted by atomic mass is 9.97. The van der Waals surface area contributed by atoms with Crippen molar-refractivity contribution in [3.05, 3.63) is 77.9 Å². The fourth-order valence-electron chi connectivity index (χ4n) is 10.5. The number of hydrogen-bond acceptors (Lipinski definition) is 13. The van der Waals surface area contributed by atoms with Crippen LogP contribution in [0.3, 0.4) is 0 Å². The number of carbonyl (C=O) groups excluding carboxylic acids is 5. The van der Waals surface area contributed by atoms with Crippen LogP contribution >= 0.6 is 11.3 Å². The Bertz CT molecular complexity index is 2350. The summed E-state index contributed by atoms with van der Waals surface area (Å²) in [5.41, 5.74) is 1.76. The number of thiophene rings is 1. The van der Waals surface area contributed by atoms with Gasteiger partial charge in [0.2, 0.25) is 0 Å². The third kappa shape index (κ3) is 27.6. The molecule has 1 aromatic heterocycles. The van der Waals surface area contributed by atoms with Crippen molar-refractivity contribution in [2.45, 2.75) is 238 Å². The number of esters is 4. The summed E-state index contributed by atoms with van der Waals surface area (Å²) in [6.07, 6.45) is 34.6. The quantitative estimate of drug-likeness (QED) is 0.0147. The van der Waals surface area contributed by atoms with E-state index in [9.17, 15) is 29.1 Å². The summed E-state index contributed by atoms with van der Waals surface area (Å²) >= 11 is 1.40. The maximum atomic E-state index is 14.2. The van der Waals surface area contributed by atoms with Gasteiger partial charge in [0.15, 0.2) is 11.9 Å². The number of rotatable bonds is 45. The number of piperidine rings is 1. The highest BCUT2D eigenvalue weighted by Crippen LogP contribution is 2.42. The SMILES string of the molecule is CCCCCCCCCCCCCCCC(=O)OCC(COC(=O)CCCCCCCCCCCCCCC)OC(=O)CCCC(=O)Oc1ccc(-c2sc3cc(O)ccc3c2C(=O)c2ccc(OCCN3CCCCC3)cc2)cc1. The highest BCUT2D eigenvalue weighted by Gasteiger charge is 2.24. The van der Waals surface area contributed by atoms with Crippen molar-refractivity contribution in [3.63, 3.8) is 0 Å². The van der Waals surface area contributed by atoms with E-state index >= 15 is 0 Å². The predicted molar refractivity (Wildman–Crippen MR) is 326 cm³/mol. The van der Waals surface area contributed by atoms with Gasteiger partial charge in [0.25, 0.3) is 0 Å². The largest absolute Gasteiger partial charge is 0.508 e. The van der Waals surface area contributed by atoms with Gasteiger partial charge in [-0.15, -0.1) is 11.3 Å². The van der Waals surface area contributed by atoms with Crippen LogP contribution in [0.25, 0.3) is 20.5 Å². The molecule has 3 aromatic carbocycles. The molecule has 1 aliphatic heterocycles. The van der Waals surface area contributed by atoms with Gasteiger partial charge in [-0.2, -0.15) is 0 Å². The minimum atomic E-state index is -0.976. The molecular weight excluding hydrogens is 1040 g/mol. The van der Waals surface area contributed by atoms with Crippen LogP contribution in [0.15, 0.2) is 66.7 Å². The summed E-state index contributed by atoms with van der Waals surface area (Å²) in [5.74, 6) is -0.955. The number of carbonyl (C=O) groups is 5. The molecule has 0 bridgehead atoms. The normalized spacial score (nSPS) is 12.7. The van der Waals surface area contributed by atoms with Crippen LogP contribution in [0.1, 0.15) is 248 Å². The van der Waals surface area contributed by atoms with Crippen LogP contribution < -0.4 is 9.47 Å². The molecule has 0 spiro atoms. The summed E-state index contributed by atoms with van der Waals surface area (Å²) in [7, 11) is 0. The zero-order valence-electron chi connectivity index (χ0n) is 49.6. The first kappa shape index (κ1) is 66.5. The van der Waals surface area contributed by atoms with Crippen LogP contribution in [-0.2, 0) is 33.4 Å². The lowest BCUT2D eigenvalue weighted by molar-refractivity contribution is -0.167. The summed E-state index contributed by atoms with van der Waals surface area (Å²) in [4.78, 5) is 69.1. The second kappa shape index (κ2) is 40.8. The highest BCUT2D eigenvalue weighted by molar-refractivity contribution is 7.22. The maximum Gasteiger partial charge on any atom is 0.311 e. The van der Waals surface area contributed by atoms with E-state index in [1.54, 1.807) is 54.6 Å². The molecule has 1 N–H and O–H groups in total. The fraction of sp³-hybridized carbons (Fsp3) is 0.632. The monoisotopic (exact) mass is 1140 g/mol. The highest BCUT2D eigenvalue weighted by atomic mass is 32.1. The number of ether oxygens (including phenoxy) is 5. The topological polar surface area (TPSA) is 155 Å². The van der Waals surface area contributed by atoms with Gasteiger partial charge < -0.3 is 28.8 Å². The molecule has 448 valence electrons. The molecule has 1 saturated heterocycles. The number of benzene rings is 3. The van der Waals surface area contributed by atoms with Crippen molar-refractivity contribution in [3.8, 4) is 27.7 Å². The molecule has 81 heavy (non-hydrogen) atoms. The number of phenols is 1. The first-order chi connectivity index (χ1) is 39.6. The summed E-state index contributed by atoms with van der Waals surface area (Å²) < 4.78 is 29.2. The third-order valence-electron chi connectivity index (χ3n) is 15.4. The molecule has 2 heterocycles. The Hall–Kier alpha value is -5.27. The smallest absolute Gasteiger partial charge is 0.311 e. The molecule has 4 aromatic rings. The van der Waals surface area contributed by atoms with Crippen LogP contribution in [0.4, 0.5) is 0 Å². The lowest BCUT2D eigenvalue weighted by Gasteiger charge is -2.26. The molecule has 1 aliphatic rings. The van der Waals surface area contributed by atoms with Gasteiger partial charge in [0, 0.05) is 58.3 Å². The Balaban J connectivity index is 1.05. The minimum Gasteiger partial charge on any atom is -0.508 e. The van der Waals surface area contributed by atoms with Crippen molar-refractivity contribution in [2.75, 3.05) is 39.5 Å². The number of ketones is 1. The van der Waals surface area contributed by atoms with Crippen molar-refractivity contribution in [1.82, 2.24) is 4.90 Å². The Kier molecular flexibility index (Phi) is 33.5. The Morgan fingerprint density at radius 2 is 0.988 bits per heavy atom.